The first kappa shape index (κ1) is 15.9. The summed E-state index contributed by atoms with van der Waals surface area (Å²) in [6.45, 7) is 12.2. The molecular formula is C15H26N2O2. The van der Waals surface area contributed by atoms with Gasteiger partial charge in [0.2, 0.25) is 0 Å². The predicted octanol–water partition coefficient (Wildman–Crippen LogP) is 2.77. The molecular weight excluding hydrogens is 240 g/mol. The molecule has 0 aliphatic rings. The van der Waals surface area contributed by atoms with Gasteiger partial charge in [-0.2, -0.15) is 0 Å². The number of nitrogens with one attached hydrogen (secondary N) is 1. The summed E-state index contributed by atoms with van der Waals surface area (Å²) >= 11 is 0. The van der Waals surface area contributed by atoms with E-state index in [0.29, 0.717) is 19.3 Å². The van der Waals surface area contributed by atoms with Gasteiger partial charge in [-0.05, 0) is 26.8 Å². The lowest BCUT2D eigenvalue weighted by Gasteiger charge is -2.19. The Kier molecular flexibility index (Phi) is 6.25. The summed E-state index contributed by atoms with van der Waals surface area (Å²) in [7, 11) is 0. The molecule has 0 unspecified atom stereocenters. The van der Waals surface area contributed by atoms with E-state index in [2.05, 4.69) is 24.1 Å². The highest BCUT2D eigenvalue weighted by molar-refractivity contribution is 5.22. The van der Waals surface area contributed by atoms with Crippen molar-refractivity contribution in [2.24, 2.45) is 0 Å². The monoisotopic (exact) mass is 266 g/mol. The average molecular weight is 266 g/mol. The molecule has 1 rings (SSSR count). The van der Waals surface area contributed by atoms with Crippen molar-refractivity contribution in [3.8, 4) is 5.75 Å². The minimum atomic E-state index is -0.117. The number of rotatable bonds is 7. The highest BCUT2D eigenvalue weighted by Crippen LogP contribution is 2.12. The third-order valence-corrected chi connectivity index (χ3v) is 2.37. The molecule has 19 heavy (non-hydrogen) atoms. The van der Waals surface area contributed by atoms with Crippen LogP contribution in [0, 0.1) is 0 Å². The second kappa shape index (κ2) is 7.46. The topological polar surface area (TPSA) is 43.4 Å². The first-order valence-electron chi connectivity index (χ1n) is 6.82. The lowest BCUT2D eigenvalue weighted by atomic mass is 10.2. The van der Waals surface area contributed by atoms with Gasteiger partial charge in [-0.25, -0.2) is 0 Å². The lowest BCUT2D eigenvalue weighted by molar-refractivity contribution is -0.0163. The maximum Gasteiger partial charge on any atom is 0.122 e. The van der Waals surface area contributed by atoms with Gasteiger partial charge in [0.1, 0.15) is 12.4 Å². The Bertz CT molecular complexity index is 373. The van der Waals surface area contributed by atoms with E-state index < -0.39 is 0 Å². The maximum absolute atomic E-state index is 5.66. The number of ether oxygens (including phenoxy) is 2. The first-order chi connectivity index (χ1) is 8.87. The summed E-state index contributed by atoms with van der Waals surface area (Å²) in [5, 5.41) is 3.33. The van der Waals surface area contributed by atoms with Crippen LogP contribution in [-0.2, 0) is 11.3 Å². The zero-order valence-electron chi connectivity index (χ0n) is 12.7. The molecule has 0 aliphatic heterocycles. The standard InChI is InChI=1S/C15H26N2O2/c1-12(2)17-11-13-10-14(6-7-16-13)18-8-9-19-15(3,4)5/h6-7,10,12,17H,8-9,11H2,1-5H3. The van der Waals surface area contributed by atoms with Crippen molar-refractivity contribution in [2.75, 3.05) is 13.2 Å². The van der Waals surface area contributed by atoms with Crippen molar-refractivity contribution in [1.29, 1.82) is 0 Å². The van der Waals surface area contributed by atoms with Gasteiger partial charge in [-0.1, -0.05) is 13.8 Å². The molecule has 0 aromatic carbocycles. The fourth-order valence-electron chi connectivity index (χ4n) is 1.46. The normalized spacial score (nSPS) is 11.9. The summed E-state index contributed by atoms with van der Waals surface area (Å²) in [5.74, 6) is 0.841. The number of aromatic nitrogens is 1. The van der Waals surface area contributed by atoms with E-state index in [9.17, 15) is 0 Å². The van der Waals surface area contributed by atoms with Crippen LogP contribution in [0.1, 0.15) is 40.3 Å². The van der Waals surface area contributed by atoms with E-state index in [1.165, 1.54) is 0 Å². The summed E-state index contributed by atoms with van der Waals surface area (Å²) in [6.07, 6.45) is 1.78. The summed E-state index contributed by atoms with van der Waals surface area (Å²) < 4.78 is 11.3. The van der Waals surface area contributed by atoms with Gasteiger partial charge < -0.3 is 14.8 Å². The third-order valence-electron chi connectivity index (χ3n) is 2.37. The quantitative estimate of drug-likeness (QED) is 0.771. The van der Waals surface area contributed by atoms with Gasteiger partial charge >= 0.3 is 0 Å². The molecule has 0 saturated heterocycles. The SMILES string of the molecule is CC(C)NCc1cc(OCCOC(C)(C)C)ccn1. The van der Waals surface area contributed by atoms with Crippen LogP contribution in [0.3, 0.4) is 0 Å². The van der Waals surface area contributed by atoms with Gasteiger partial charge in [-0.15, -0.1) is 0 Å². The van der Waals surface area contributed by atoms with Gasteiger partial charge in [-0.3, -0.25) is 4.98 Å². The van der Waals surface area contributed by atoms with Gasteiger partial charge in [0.15, 0.2) is 0 Å². The average Bonchev–Trinajstić information content (AvgIpc) is 2.32. The molecule has 0 fully saturated rings. The van der Waals surface area contributed by atoms with Gasteiger partial charge in [0.25, 0.3) is 0 Å². The van der Waals surface area contributed by atoms with E-state index in [0.717, 1.165) is 18.0 Å². The van der Waals surface area contributed by atoms with Crippen molar-refractivity contribution in [1.82, 2.24) is 10.3 Å². The largest absolute Gasteiger partial charge is 0.491 e. The molecule has 0 spiro atoms. The van der Waals surface area contributed by atoms with E-state index in [1.54, 1.807) is 6.20 Å². The first-order valence-corrected chi connectivity index (χ1v) is 6.82. The highest BCUT2D eigenvalue weighted by atomic mass is 16.5. The van der Waals surface area contributed by atoms with Crippen molar-refractivity contribution in [3.63, 3.8) is 0 Å². The predicted molar refractivity (Wildman–Crippen MR) is 77.4 cm³/mol. The number of nitrogens with zero attached hydrogens (tertiary/aromatic N) is 1. The molecule has 108 valence electrons. The van der Waals surface area contributed by atoms with Crippen LogP contribution < -0.4 is 10.1 Å². The molecule has 0 bridgehead atoms. The Hall–Kier alpha value is -1.13. The van der Waals surface area contributed by atoms with Crippen molar-refractivity contribution in [3.05, 3.63) is 24.0 Å². The van der Waals surface area contributed by atoms with Crippen molar-refractivity contribution < 1.29 is 9.47 Å². The zero-order chi connectivity index (χ0) is 14.3. The van der Waals surface area contributed by atoms with Crippen LogP contribution in [-0.4, -0.2) is 29.8 Å². The van der Waals surface area contributed by atoms with Crippen LogP contribution in [0.4, 0.5) is 0 Å². The van der Waals surface area contributed by atoms with Crippen LogP contribution in [0.25, 0.3) is 0 Å². The molecule has 0 atom stereocenters. The van der Waals surface area contributed by atoms with Crippen molar-refractivity contribution in [2.45, 2.75) is 52.8 Å². The third kappa shape index (κ3) is 7.80. The molecule has 0 amide bonds. The van der Waals surface area contributed by atoms with Gasteiger partial charge in [0, 0.05) is 24.8 Å². The molecule has 1 heterocycles. The minimum absolute atomic E-state index is 0.117. The fraction of sp³-hybridized carbons (Fsp3) is 0.667. The minimum Gasteiger partial charge on any atom is -0.491 e. The van der Waals surface area contributed by atoms with E-state index >= 15 is 0 Å². The molecule has 0 aliphatic carbocycles. The molecule has 0 saturated carbocycles. The number of pyridine rings is 1. The van der Waals surface area contributed by atoms with Crippen LogP contribution in [0.15, 0.2) is 18.3 Å². The van der Waals surface area contributed by atoms with E-state index in [4.69, 9.17) is 9.47 Å². The van der Waals surface area contributed by atoms with Gasteiger partial charge in [0.05, 0.1) is 17.9 Å². The van der Waals surface area contributed by atoms with Crippen LogP contribution in [0.5, 0.6) is 5.75 Å². The molecule has 0 radical (unpaired) electrons. The molecule has 1 aromatic rings. The highest BCUT2D eigenvalue weighted by Gasteiger charge is 2.09. The Morgan fingerprint density at radius 2 is 2.00 bits per heavy atom. The Balaban J connectivity index is 2.35. The summed E-state index contributed by atoms with van der Waals surface area (Å²) in [5.41, 5.74) is 0.872. The Labute approximate surface area is 116 Å². The van der Waals surface area contributed by atoms with E-state index in [1.807, 2.05) is 32.9 Å². The molecule has 1 aromatic heterocycles. The second-order valence-corrected chi connectivity index (χ2v) is 5.83. The second-order valence-electron chi connectivity index (χ2n) is 5.83. The van der Waals surface area contributed by atoms with Crippen molar-refractivity contribution >= 4 is 0 Å². The molecule has 4 heteroatoms. The summed E-state index contributed by atoms with van der Waals surface area (Å²) in [6, 6.07) is 4.29. The lowest BCUT2D eigenvalue weighted by Crippen LogP contribution is -2.23. The number of hydrogen-bond donors (Lipinski definition) is 1. The number of hydrogen-bond acceptors (Lipinski definition) is 4. The Morgan fingerprint density at radius 1 is 1.26 bits per heavy atom. The van der Waals surface area contributed by atoms with Crippen LogP contribution in [0.2, 0.25) is 0 Å². The van der Waals surface area contributed by atoms with Crippen LogP contribution >= 0.6 is 0 Å². The smallest absolute Gasteiger partial charge is 0.122 e. The zero-order valence-corrected chi connectivity index (χ0v) is 12.7. The molecule has 1 N–H and O–H groups in total. The van der Waals surface area contributed by atoms with E-state index in [-0.39, 0.29) is 5.60 Å². The maximum atomic E-state index is 5.66. The fourth-order valence-corrected chi connectivity index (χ4v) is 1.46. The summed E-state index contributed by atoms with van der Waals surface area (Å²) in [4.78, 5) is 4.31. The molecule has 4 nitrogen and oxygen atoms in total. The Morgan fingerprint density at radius 3 is 2.63 bits per heavy atom.